The van der Waals surface area contributed by atoms with Crippen molar-refractivity contribution in [3.05, 3.63) is 77.9 Å². The van der Waals surface area contributed by atoms with E-state index >= 15 is 0 Å². The maximum Gasteiger partial charge on any atom is 0.211 e. The molecule has 0 N–H and O–H groups in total. The van der Waals surface area contributed by atoms with Gasteiger partial charge >= 0.3 is 0 Å². The summed E-state index contributed by atoms with van der Waals surface area (Å²) in [6, 6.07) is 15.3. The molecule has 130 valence electrons. The number of aromatic nitrogens is 3. The van der Waals surface area contributed by atoms with Gasteiger partial charge in [-0.25, -0.2) is 9.67 Å². The van der Waals surface area contributed by atoms with Crippen LogP contribution in [0.2, 0.25) is 0 Å². The van der Waals surface area contributed by atoms with Crippen molar-refractivity contribution in [2.75, 3.05) is 0 Å². The van der Waals surface area contributed by atoms with Crippen LogP contribution in [0.3, 0.4) is 0 Å². The Balaban J connectivity index is 1.74. The molecular weight excluding hydrogens is 326 g/mol. The van der Waals surface area contributed by atoms with Crippen LogP contribution >= 0.6 is 0 Å². The predicted octanol–water partition coefficient (Wildman–Crippen LogP) is 3.87. The first kappa shape index (κ1) is 16.3. The normalized spacial score (nSPS) is 15.4. The van der Waals surface area contributed by atoms with Crippen molar-refractivity contribution in [3.8, 4) is 5.75 Å². The van der Waals surface area contributed by atoms with Gasteiger partial charge in [-0.3, -0.25) is 4.79 Å². The van der Waals surface area contributed by atoms with Crippen molar-refractivity contribution in [2.24, 2.45) is 0 Å². The summed E-state index contributed by atoms with van der Waals surface area (Å²) >= 11 is 0. The predicted molar refractivity (Wildman–Crippen MR) is 99.8 cm³/mol. The zero-order chi connectivity index (χ0) is 18.1. The fourth-order valence-electron chi connectivity index (χ4n) is 3.17. The Morgan fingerprint density at radius 3 is 2.73 bits per heavy atom. The standard InChI is InChI=1S/C21H19N3O2/c1-21(2)12-17-11-16(8-9-19(17)26-21)20(25)18(24-14-22-13-23-24)10-15-6-4-3-5-7-15/h3-11,13-14H,12H2,1-2H3/b18-10+. The fraction of sp³-hybridized carbons (Fsp3) is 0.190. The largest absolute Gasteiger partial charge is 0.487 e. The van der Waals surface area contributed by atoms with Gasteiger partial charge in [0, 0.05) is 12.0 Å². The molecule has 2 heterocycles. The Labute approximate surface area is 152 Å². The summed E-state index contributed by atoms with van der Waals surface area (Å²) in [6.45, 7) is 4.09. The number of ketones is 1. The van der Waals surface area contributed by atoms with Gasteiger partial charge in [0.2, 0.25) is 5.78 Å². The number of carbonyl (C=O) groups is 1. The van der Waals surface area contributed by atoms with E-state index in [0.717, 1.165) is 23.3 Å². The lowest BCUT2D eigenvalue weighted by Crippen LogP contribution is -2.24. The van der Waals surface area contributed by atoms with E-state index in [1.165, 1.54) is 17.3 Å². The van der Waals surface area contributed by atoms with Crippen LogP contribution in [0.4, 0.5) is 0 Å². The molecule has 4 rings (SSSR count). The summed E-state index contributed by atoms with van der Waals surface area (Å²) in [7, 11) is 0. The number of hydrogen-bond acceptors (Lipinski definition) is 4. The monoisotopic (exact) mass is 345 g/mol. The quantitative estimate of drug-likeness (QED) is 0.532. The van der Waals surface area contributed by atoms with Crippen molar-refractivity contribution in [1.82, 2.24) is 14.8 Å². The minimum atomic E-state index is -0.237. The maximum absolute atomic E-state index is 13.2. The van der Waals surface area contributed by atoms with Crippen LogP contribution < -0.4 is 4.74 Å². The highest BCUT2D eigenvalue weighted by Crippen LogP contribution is 2.35. The average Bonchev–Trinajstić information content (AvgIpc) is 3.25. The molecule has 5 nitrogen and oxygen atoms in total. The summed E-state index contributed by atoms with van der Waals surface area (Å²) in [5.74, 6) is 0.743. The molecule has 0 spiro atoms. The van der Waals surface area contributed by atoms with Crippen molar-refractivity contribution in [1.29, 1.82) is 0 Å². The van der Waals surface area contributed by atoms with Gasteiger partial charge in [-0.15, -0.1) is 0 Å². The minimum absolute atomic E-state index is 0.105. The Kier molecular flexibility index (Phi) is 3.92. The molecule has 1 aromatic heterocycles. The molecule has 26 heavy (non-hydrogen) atoms. The van der Waals surface area contributed by atoms with E-state index in [9.17, 15) is 4.79 Å². The molecule has 2 aromatic carbocycles. The van der Waals surface area contributed by atoms with E-state index < -0.39 is 0 Å². The van der Waals surface area contributed by atoms with Gasteiger partial charge in [0.25, 0.3) is 0 Å². The highest BCUT2D eigenvalue weighted by atomic mass is 16.5. The molecular formula is C21H19N3O2. The minimum Gasteiger partial charge on any atom is -0.487 e. The van der Waals surface area contributed by atoms with Crippen LogP contribution in [-0.4, -0.2) is 26.1 Å². The first-order chi connectivity index (χ1) is 12.5. The molecule has 0 unspecified atom stereocenters. The van der Waals surface area contributed by atoms with Crippen LogP contribution in [0, 0.1) is 0 Å². The Hall–Kier alpha value is -3.21. The molecule has 1 aliphatic rings. The molecule has 0 amide bonds. The van der Waals surface area contributed by atoms with E-state index in [1.54, 1.807) is 6.07 Å². The van der Waals surface area contributed by atoms with Crippen LogP contribution in [0.15, 0.2) is 61.2 Å². The highest BCUT2D eigenvalue weighted by Gasteiger charge is 2.30. The molecule has 0 bridgehead atoms. The number of ether oxygens (including phenoxy) is 1. The van der Waals surface area contributed by atoms with Crippen LogP contribution in [0.1, 0.15) is 35.3 Å². The van der Waals surface area contributed by atoms with E-state index in [-0.39, 0.29) is 11.4 Å². The van der Waals surface area contributed by atoms with Gasteiger partial charge in [-0.1, -0.05) is 30.3 Å². The number of carbonyl (C=O) groups excluding carboxylic acids is 1. The van der Waals surface area contributed by atoms with Gasteiger partial charge in [-0.05, 0) is 49.2 Å². The number of allylic oxidation sites excluding steroid dienone is 1. The third kappa shape index (κ3) is 3.16. The summed E-state index contributed by atoms with van der Waals surface area (Å²) in [4.78, 5) is 17.2. The number of nitrogens with zero attached hydrogens (tertiary/aromatic N) is 3. The highest BCUT2D eigenvalue weighted by molar-refractivity contribution is 6.27. The average molecular weight is 345 g/mol. The molecule has 0 aliphatic carbocycles. The molecule has 0 saturated carbocycles. The lowest BCUT2D eigenvalue weighted by atomic mass is 9.98. The summed E-state index contributed by atoms with van der Waals surface area (Å²) in [5, 5.41) is 4.15. The molecule has 0 saturated heterocycles. The van der Waals surface area contributed by atoms with Crippen molar-refractivity contribution in [2.45, 2.75) is 25.9 Å². The third-order valence-corrected chi connectivity index (χ3v) is 4.33. The zero-order valence-electron chi connectivity index (χ0n) is 14.7. The summed E-state index contributed by atoms with van der Waals surface area (Å²) < 4.78 is 7.41. The number of hydrogen-bond donors (Lipinski definition) is 0. The molecule has 5 heteroatoms. The maximum atomic E-state index is 13.2. The van der Waals surface area contributed by atoms with Crippen LogP contribution in [0.5, 0.6) is 5.75 Å². The second-order valence-corrected chi connectivity index (χ2v) is 6.97. The van der Waals surface area contributed by atoms with Crippen LogP contribution in [0.25, 0.3) is 11.8 Å². The molecule has 0 atom stereocenters. The van der Waals surface area contributed by atoms with Gasteiger partial charge < -0.3 is 4.74 Å². The SMILES string of the molecule is CC1(C)Cc2cc(C(=O)/C(=C\c3ccccc3)n3cncn3)ccc2O1. The molecule has 0 radical (unpaired) electrons. The molecule has 1 aliphatic heterocycles. The third-order valence-electron chi connectivity index (χ3n) is 4.33. The smallest absolute Gasteiger partial charge is 0.211 e. The summed E-state index contributed by atoms with van der Waals surface area (Å²) in [5.41, 5.74) is 2.81. The molecule has 0 fully saturated rings. The van der Waals surface area contributed by atoms with Gasteiger partial charge in [-0.2, -0.15) is 5.10 Å². The fourth-order valence-corrected chi connectivity index (χ4v) is 3.17. The molecule has 3 aromatic rings. The first-order valence-corrected chi connectivity index (χ1v) is 8.50. The number of rotatable bonds is 4. The topological polar surface area (TPSA) is 57.0 Å². The Morgan fingerprint density at radius 2 is 2.00 bits per heavy atom. The number of benzene rings is 2. The van der Waals surface area contributed by atoms with Gasteiger partial charge in [0.15, 0.2) is 0 Å². The second-order valence-electron chi connectivity index (χ2n) is 6.97. The zero-order valence-corrected chi connectivity index (χ0v) is 14.7. The van der Waals surface area contributed by atoms with Gasteiger partial charge in [0.1, 0.15) is 29.7 Å². The first-order valence-electron chi connectivity index (χ1n) is 8.50. The van der Waals surface area contributed by atoms with E-state index in [4.69, 9.17) is 4.74 Å². The van der Waals surface area contributed by atoms with E-state index in [1.807, 2.05) is 62.4 Å². The van der Waals surface area contributed by atoms with E-state index in [2.05, 4.69) is 10.1 Å². The Bertz CT molecular complexity index is 974. The van der Waals surface area contributed by atoms with Gasteiger partial charge in [0.05, 0.1) is 0 Å². The van der Waals surface area contributed by atoms with Crippen molar-refractivity contribution >= 4 is 17.6 Å². The van der Waals surface area contributed by atoms with E-state index in [0.29, 0.717) is 11.3 Å². The Morgan fingerprint density at radius 1 is 1.19 bits per heavy atom. The van der Waals surface area contributed by atoms with Crippen molar-refractivity contribution in [3.63, 3.8) is 0 Å². The second kappa shape index (κ2) is 6.26. The lowest BCUT2D eigenvalue weighted by molar-refractivity contribution is 0.105. The summed E-state index contributed by atoms with van der Waals surface area (Å²) in [6.07, 6.45) is 5.56. The number of Topliss-reactive ketones (excluding diaryl/α,β-unsaturated/α-hetero) is 1. The van der Waals surface area contributed by atoms with Crippen molar-refractivity contribution < 1.29 is 9.53 Å². The lowest BCUT2D eigenvalue weighted by Gasteiger charge is -2.16. The number of fused-ring (bicyclic) bond motifs is 1. The van der Waals surface area contributed by atoms with Crippen LogP contribution in [-0.2, 0) is 6.42 Å².